The van der Waals surface area contributed by atoms with Gasteiger partial charge < -0.3 is 27.5 Å². The molecule has 1 heterocycles. The average molecular weight is 469 g/mol. The molecule has 0 amide bonds. The van der Waals surface area contributed by atoms with Crippen molar-refractivity contribution in [2.45, 2.75) is 103 Å². The molecule has 6 nitrogen and oxygen atoms in total. The van der Waals surface area contributed by atoms with Crippen molar-refractivity contribution < 1.29 is 27.5 Å². The summed E-state index contributed by atoms with van der Waals surface area (Å²) in [5, 5.41) is 11.5. The predicted octanol–water partition coefficient (Wildman–Crippen LogP) is 4.22. The van der Waals surface area contributed by atoms with Gasteiger partial charge in [0, 0.05) is 0 Å². The van der Waals surface area contributed by atoms with Crippen LogP contribution in [-0.2, 0) is 22.4 Å². The lowest BCUT2D eigenvalue weighted by atomic mass is 10.1. The van der Waals surface area contributed by atoms with Crippen LogP contribution in [0, 0.1) is 0 Å². The molecule has 0 aromatic heterocycles. The molecule has 0 aromatic carbocycles. The molecule has 0 bridgehead atoms. The molecule has 1 rings (SSSR count). The van der Waals surface area contributed by atoms with Crippen LogP contribution < -0.4 is 0 Å². The Morgan fingerprint density at radius 1 is 0.714 bits per heavy atom. The van der Waals surface area contributed by atoms with E-state index in [-0.39, 0.29) is 18.8 Å². The van der Waals surface area contributed by atoms with Crippen molar-refractivity contribution in [3.05, 3.63) is 0 Å². The smallest absolute Gasteiger partial charge is 0.217 e. The molecule has 28 heavy (non-hydrogen) atoms. The van der Waals surface area contributed by atoms with Gasteiger partial charge in [-0.3, -0.25) is 0 Å². The standard InChI is InChI=1S/C18H44O6Si4/c1-25(2,3)20-13-15-16(23-27(7,8)9)17(24-28(10,11)12)18(19,22-15)14-21-26(4,5)6/h15-17,19H,13-14H2,1-12H3/t15-,16+,17-,18-/m1/s1. The highest BCUT2D eigenvalue weighted by Gasteiger charge is 2.58. The second-order valence-electron chi connectivity index (χ2n) is 11.7. The molecular formula is C18H44O6Si4. The Morgan fingerprint density at radius 3 is 1.57 bits per heavy atom. The molecule has 1 N–H and O–H groups in total. The third kappa shape index (κ3) is 9.62. The van der Waals surface area contributed by atoms with Gasteiger partial charge in [0.2, 0.25) is 5.79 Å². The molecule has 1 aliphatic heterocycles. The molecule has 10 heteroatoms. The lowest BCUT2D eigenvalue weighted by Crippen LogP contribution is -2.55. The molecule has 1 fully saturated rings. The fourth-order valence-corrected chi connectivity index (χ4v) is 6.31. The van der Waals surface area contributed by atoms with Crippen molar-refractivity contribution in [2.24, 2.45) is 0 Å². The van der Waals surface area contributed by atoms with Gasteiger partial charge in [-0.2, -0.15) is 0 Å². The van der Waals surface area contributed by atoms with Crippen LogP contribution in [0.15, 0.2) is 0 Å². The Kier molecular flexibility index (Phi) is 8.58. The van der Waals surface area contributed by atoms with Crippen LogP contribution in [-0.4, -0.2) is 75.7 Å². The van der Waals surface area contributed by atoms with Gasteiger partial charge in [0.1, 0.15) is 18.3 Å². The van der Waals surface area contributed by atoms with E-state index in [9.17, 15) is 5.11 Å². The third-order valence-corrected chi connectivity index (χ3v) is 7.81. The quantitative estimate of drug-likeness (QED) is 0.484. The summed E-state index contributed by atoms with van der Waals surface area (Å²) in [5.74, 6) is -1.53. The normalized spacial score (nSPS) is 30.1. The highest BCUT2D eigenvalue weighted by atomic mass is 28.4. The van der Waals surface area contributed by atoms with Gasteiger partial charge in [-0.05, 0) is 78.6 Å². The molecule has 0 unspecified atom stereocenters. The Bertz CT molecular complexity index is 506. The molecule has 1 saturated heterocycles. The molecule has 0 radical (unpaired) electrons. The summed E-state index contributed by atoms with van der Waals surface area (Å²) in [5.41, 5.74) is 0. The van der Waals surface area contributed by atoms with Gasteiger partial charge in [-0.25, -0.2) is 0 Å². The topological polar surface area (TPSA) is 66.4 Å². The molecular weight excluding hydrogens is 425 g/mol. The molecule has 0 spiro atoms. The zero-order valence-electron chi connectivity index (χ0n) is 20.1. The SMILES string of the molecule is C[Si](C)(C)OC[C@H]1O[C@](O)(CO[Si](C)(C)C)[C@H](O[Si](C)(C)C)[C@H]1O[Si](C)(C)C. The van der Waals surface area contributed by atoms with Gasteiger partial charge in [0.05, 0.1) is 13.2 Å². The van der Waals surface area contributed by atoms with E-state index in [2.05, 4.69) is 78.6 Å². The van der Waals surface area contributed by atoms with E-state index >= 15 is 0 Å². The molecule has 0 aromatic rings. The zero-order valence-corrected chi connectivity index (χ0v) is 24.1. The summed E-state index contributed by atoms with van der Waals surface area (Å²) < 4.78 is 31.4. The van der Waals surface area contributed by atoms with E-state index in [0.29, 0.717) is 6.61 Å². The number of aliphatic hydroxyl groups is 1. The molecule has 0 aliphatic carbocycles. The van der Waals surface area contributed by atoms with E-state index in [1.165, 1.54) is 0 Å². The minimum Gasteiger partial charge on any atom is -0.415 e. The summed E-state index contributed by atoms with van der Waals surface area (Å²) in [7, 11) is -7.46. The highest BCUT2D eigenvalue weighted by Crippen LogP contribution is 2.38. The largest absolute Gasteiger partial charge is 0.415 e. The third-order valence-electron chi connectivity index (χ3n) is 3.83. The van der Waals surface area contributed by atoms with Crippen LogP contribution in [0.3, 0.4) is 0 Å². The lowest BCUT2D eigenvalue weighted by Gasteiger charge is -2.37. The summed E-state index contributed by atoms with van der Waals surface area (Å²) in [6.07, 6.45) is -1.34. The summed E-state index contributed by atoms with van der Waals surface area (Å²) >= 11 is 0. The summed E-state index contributed by atoms with van der Waals surface area (Å²) in [4.78, 5) is 0. The number of ether oxygens (including phenoxy) is 1. The van der Waals surface area contributed by atoms with E-state index < -0.39 is 45.2 Å². The number of hydrogen-bond acceptors (Lipinski definition) is 6. The predicted molar refractivity (Wildman–Crippen MR) is 125 cm³/mol. The van der Waals surface area contributed by atoms with E-state index in [4.69, 9.17) is 22.4 Å². The van der Waals surface area contributed by atoms with Crippen LogP contribution in [0.25, 0.3) is 0 Å². The zero-order chi connectivity index (χ0) is 22.2. The maximum atomic E-state index is 11.5. The maximum Gasteiger partial charge on any atom is 0.217 e. The Labute approximate surface area is 176 Å². The summed E-state index contributed by atoms with van der Waals surface area (Å²) in [6, 6.07) is 0. The van der Waals surface area contributed by atoms with E-state index in [1.807, 2.05) is 0 Å². The van der Waals surface area contributed by atoms with Gasteiger partial charge in [0.25, 0.3) is 0 Å². The first-order chi connectivity index (χ1) is 12.2. The van der Waals surface area contributed by atoms with Crippen LogP contribution in [0.2, 0.25) is 78.6 Å². The fourth-order valence-electron chi connectivity index (χ4n) is 2.83. The molecule has 168 valence electrons. The van der Waals surface area contributed by atoms with Gasteiger partial charge in [-0.15, -0.1) is 0 Å². The van der Waals surface area contributed by atoms with Crippen molar-refractivity contribution in [1.82, 2.24) is 0 Å². The van der Waals surface area contributed by atoms with Crippen molar-refractivity contribution in [2.75, 3.05) is 13.2 Å². The Hall–Kier alpha value is 0.628. The van der Waals surface area contributed by atoms with Crippen molar-refractivity contribution >= 4 is 33.3 Å². The fraction of sp³-hybridized carbons (Fsp3) is 1.00. The van der Waals surface area contributed by atoms with Gasteiger partial charge in [-0.1, -0.05) is 0 Å². The highest BCUT2D eigenvalue weighted by molar-refractivity contribution is 6.71. The second-order valence-corrected chi connectivity index (χ2v) is 29.6. The van der Waals surface area contributed by atoms with Crippen molar-refractivity contribution in [1.29, 1.82) is 0 Å². The number of hydrogen-bond donors (Lipinski definition) is 1. The van der Waals surface area contributed by atoms with Crippen LogP contribution in [0.1, 0.15) is 0 Å². The van der Waals surface area contributed by atoms with E-state index in [1.54, 1.807) is 0 Å². The number of rotatable bonds is 10. The van der Waals surface area contributed by atoms with Gasteiger partial charge >= 0.3 is 0 Å². The Morgan fingerprint density at radius 2 is 1.18 bits per heavy atom. The van der Waals surface area contributed by atoms with Crippen LogP contribution >= 0.6 is 0 Å². The molecule has 4 atom stereocenters. The van der Waals surface area contributed by atoms with E-state index in [0.717, 1.165) is 0 Å². The molecule has 0 saturated carbocycles. The maximum absolute atomic E-state index is 11.5. The van der Waals surface area contributed by atoms with Crippen LogP contribution in [0.4, 0.5) is 0 Å². The monoisotopic (exact) mass is 468 g/mol. The lowest BCUT2D eigenvalue weighted by molar-refractivity contribution is -0.241. The summed E-state index contributed by atoms with van der Waals surface area (Å²) in [6.45, 7) is 26.0. The molecule has 1 aliphatic rings. The second kappa shape index (κ2) is 9.01. The first kappa shape index (κ1) is 26.7. The first-order valence-corrected chi connectivity index (χ1v) is 23.9. The Balaban J connectivity index is 3.21. The van der Waals surface area contributed by atoms with Gasteiger partial charge in [0.15, 0.2) is 33.3 Å². The first-order valence-electron chi connectivity index (χ1n) is 10.2. The average Bonchev–Trinajstić information content (AvgIpc) is 2.64. The van der Waals surface area contributed by atoms with Crippen molar-refractivity contribution in [3.8, 4) is 0 Å². The van der Waals surface area contributed by atoms with Crippen molar-refractivity contribution in [3.63, 3.8) is 0 Å². The minimum absolute atomic E-state index is 0.0902. The van der Waals surface area contributed by atoms with Crippen LogP contribution in [0.5, 0.6) is 0 Å². The minimum atomic E-state index is -1.97.